The van der Waals surface area contributed by atoms with Crippen molar-refractivity contribution in [1.29, 1.82) is 0 Å². The molecule has 0 spiro atoms. The highest BCUT2D eigenvalue weighted by Gasteiger charge is 2.48. The average molecular weight is 379 g/mol. The lowest BCUT2D eigenvalue weighted by Crippen LogP contribution is -2.30. The van der Waals surface area contributed by atoms with Gasteiger partial charge in [0.15, 0.2) is 5.71 Å². The first kappa shape index (κ1) is 19.8. The van der Waals surface area contributed by atoms with Gasteiger partial charge in [0.25, 0.3) is 5.69 Å². The molecule has 0 aromatic heterocycles. The van der Waals surface area contributed by atoms with Crippen LogP contribution in [0, 0.1) is 10.1 Å². The Morgan fingerprint density at radius 3 is 2.36 bits per heavy atom. The second-order valence-electron chi connectivity index (χ2n) is 7.61. The molecule has 1 aliphatic heterocycles. The van der Waals surface area contributed by atoms with E-state index in [1.54, 1.807) is 6.07 Å². The second kappa shape index (κ2) is 7.56. The van der Waals surface area contributed by atoms with E-state index in [4.69, 9.17) is 0 Å². The Morgan fingerprint density at radius 1 is 1.11 bits per heavy atom. The highest BCUT2D eigenvalue weighted by Crippen LogP contribution is 2.45. The molecule has 1 heterocycles. The van der Waals surface area contributed by atoms with Crippen molar-refractivity contribution in [3.63, 3.8) is 0 Å². The molecule has 3 rings (SSSR count). The molecule has 6 nitrogen and oxygen atoms in total. The van der Waals surface area contributed by atoms with Gasteiger partial charge in [0.05, 0.1) is 10.3 Å². The quantitative estimate of drug-likeness (QED) is 0.439. The smallest absolute Gasteiger partial charge is 0.280 e. The number of nitrogens with zero attached hydrogens (tertiary/aromatic N) is 3. The summed E-state index contributed by atoms with van der Waals surface area (Å²) in [5.74, 6) is 0. The third-order valence-corrected chi connectivity index (χ3v) is 5.22. The fourth-order valence-corrected chi connectivity index (χ4v) is 3.83. The van der Waals surface area contributed by atoms with Gasteiger partial charge in [-0.25, -0.2) is 0 Å². The third kappa shape index (κ3) is 3.43. The third-order valence-electron chi connectivity index (χ3n) is 5.22. The minimum absolute atomic E-state index is 0.0946. The number of anilines is 1. The summed E-state index contributed by atoms with van der Waals surface area (Å²) in [7, 11) is 3.99. The molecular formula is C22H25N3O3. The zero-order chi connectivity index (χ0) is 20.5. The summed E-state index contributed by atoms with van der Waals surface area (Å²) in [6.07, 6.45) is 3.97. The minimum atomic E-state index is -0.575. The highest BCUT2D eigenvalue weighted by atomic mass is 16.6. The summed E-state index contributed by atoms with van der Waals surface area (Å²) < 4.78 is 1.92. The van der Waals surface area contributed by atoms with Crippen LogP contribution in [0.4, 0.5) is 17.1 Å². The Balaban J connectivity index is 2.06. The topological polar surface area (TPSA) is 72.5 Å². The fraction of sp³-hybridized carbons (Fsp3) is 0.318. The largest absolute Gasteiger partial charge is 0.850 e. The van der Waals surface area contributed by atoms with Gasteiger partial charge >= 0.3 is 0 Å². The van der Waals surface area contributed by atoms with E-state index in [0.29, 0.717) is 5.56 Å². The molecule has 2 aromatic carbocycles. The van der Waals surface area contributed by atoms with Crippen LogP contribution >= 0.6 is 0 Å². The number of nitro groups is 1. The molecule has 1 aliphatic rings. The molecule has 6 heteroatoms. The van der Waals surface area contributed by atoms with Crippen LogP contribution in [0.2, 0.25) is 0 Å². The van der Waals surface area contributed by atoms with Gasteiger partial charge in [-0.2, -0.15) is 4.58 Å². The maximum absolute atomic E-state index is 11.6. The molecule has 0 amide bonds. The van der Waals surface area contributed by atoms with Gasteiger partial charge in [-0.1, -0.05) is 18.7 Å². The van der Waals surface area contributed by atoms with Gasteiger partial charge in [-0.3, -0.25) is 10.1 Å². The van der Waals surface area contributed by atoms with Crippen LogP contribution in [0.5, 0.6) is 0 Å². The van der Waals surface area contributed by atoms with Crippen molar-refractivity contribution in [2.45, 2.75) is 19.3 Å². The molecule has 0 N–H and O–H groups in total. The number of nitro benzene ring substituents is 1. The normalized spacial score (nSPS) is 15.2. The van der Waals surface area contributed by atoms with Crippen LogP contribution in [0.25, 0.3) is 6.08 Å². The maximum atomic E-state index is 11.6. The van der Waals surface area contributed by atoms with E-state index in [1.165, 1.54) is 6.07 Å². The summed E-state index contributed by atoms with van der Waals surface area (Å²) in [6, 6.07) is 13.2. The summed E-state index contributed by atoms with van der Waals surface area (Å²) in [5.41, 5.74) is 3.97. The molecule has 0 bridgehead atoms. The van der Waals surface area contributed by atoms with Crippen molar-refractivity contribution in [2.24, 2.45) is 0 Å². The minimum Gasteiger partial charge on any atom is -0.850 e. The van der Waals surface area contributed by atoms with Gasteiger partial charge < -0.3 is 10.0 Å². The number of benzene rings is 2. The maximum Gasteiger partial charge on any atom is 0.280 e. The average Bonchev–Trinajstić information content (AvgIpc) is 2.87. The molecule has 28 heavy (non-hydrogen) atoms. The first-order chi connectivity index (χ1) is 13.3. The Bertz CT molecular complexity index is 957. The van der Waals surface area contributed by atoms with Crippen LogP contribution < -0.4 is 10.0 Å². The molecule has 0 radical (unpaired) electrons. The molecule has 2 aromatic rings. The van der Waals surface area contributed by atoms with Crippen molar-refractivity contribution in [1.82, 2.24) is 0 Å². The predicted molar refractivity (Wildman–Crippen MR) is 111 cm³/mol. The standard InChI is InChI=1S/C22H25N3O3/c1-22(2)20(13-10-16-8-11-17(12-9-16)23(3)4)24(14-15-26)18-6-5-7-19(21(18)22)25(27)28/h5-13H,14-15H2,1-4H3. The first-order valence-electron chi connectivity index (χ1n) is 9.23. The number of rotatable bonds is 6. The van der Waals surface area contributed by atoms with Crippen LogP contribution in [0.15, 0.2) is 48.5 Å². The van der Waals surface area contributed by atoms with E-state index in [2.05, 4.69) is 0 Å². The number of fused-ring (bicyclic) bond motifs is 1. The van der Waals surface area contributed by atoms with Crippen LogP contribution in [-0.4, -0.2) is 42.5 Å². The van der Waals surface area contributed by atoms with Crippen molar-refractivity contribution < 1.29 is 14.6 Å². The zero-order valence-corrected chi connectivity index (χ0v) is 16.7. The highest BCUT2D eigenvalue weighted by molar-refractivity contribution is 6.06. The Hall–Kier alpha value is -2.99. The van der Waals surface area contributed by atoms with E-state index in [-0.39, 0.29) is 23.8 Å². The second-order valence-corrected chi connectivity index (χ2v) is 7.61. The lowest BCUT2D eigenvalue weighted by Gasteiger charge is -2.15. The Morgan fingerprint density at radius 2 is 1.79 bits per heavy atom. The number of allylic oxidation sites excluding steroid dienone is 1. The molecule has 0 atom stereocenters. The van der Waals surface area contributed by atoms with Crippen LogP contribution in [0.1, 0.15) is 25.0 Å². The van der Waals surface area contributed by atoms with E-state index < -0.39 is 5.41 Å². The van der Waals surface area contributed by atoms with Crippen molar-refractivity contribution in [3.05, 3.63) is 69.8 Å². The van der Waals surface area contributed by atoms with Crippen molar-refractivity contribution in [3.8, 4) is 0 Å². The van der Waals surface area contributed by atoms with E-state index in [1.807, 2.05) is 79.9 Å². The SMILES string of the molecule is CN(C)c1ccc(/C=C/C2=[N+](CC[O-])c3cccc([N+](=O)[O-])c3C2(C)C)cc1. The van der Waals surface area contributed by atoms with Gasteiger partial charge in [0.1, 0.15) is 12.1 Å². The molecule has 0 saturated carbocycles. The monoisotopic (exact) mass is 379 g/mol. The molecular weight excluding hydrogens is 354 g/mol. The molecule has 0 fully saturated rings. The van der Waals surface area contributed by atoms with Crippen molar-refractivity contribution in [2.75, 3.05) is 32.1 Å². The summed E-state index contributed by atoms with van der Waals surface area (Å²) in [6.45, 7) is 3.93. The zero-order valence-electron chi connectivity index (χ0n) is 16.7. The van der Waals surface area contributed by atoms with Gasteiger partial charge in [0.2, 0.25) is 5.69 Å². The summed E-state index contributed by atoms with van der Waals surface area (Å²) in [5, 5.41) is 23.0. The lowest BCUT2D eigenvalue weighted by molar-refractivity contribution is -0.491. The summed E-state index contributed by atoms with van der Waals surface area (Å²) in [4.78, 5) is 13.3. The molecule has 0 unspecified atom stereocenters. The Labute approximate surface area is 165 Å². The van der Waals surface area contributed by atoms with Crippen LogP contribution in [-0.2, 0) is 5.41 Å². The molecule has 0 saturated heterocycles. The van der Waals surface area contributed by atoms with Gasteiger partial charge in [0, 0.05) is 38.0 Å². The van der Waals surface area contributed by atoms with Gasteiger partial charge in [-0.15, -0.1) is 0 Å². The van der Waals surface area contributed by atoms with E-state index >= 15 is 0 Å². The Kier molecular flexibility index (Phi) is 5.34. The predicted octanol–water partition coefficient (Wildman–Crippen LogP) is 3.11. The lowest BCUT2D eigenvalue weighted by atomic mass is 9.80. The summed E-state index contributed by atoms with van der Waals surface area (Å²) >= 11 is 0. The van der Waals surface area contributed by atoms with E-state index in [0.717, 1.165) is 22.6 Å². The number of hydrogen-bond acceptors (Lipinski definition) is 4. The number of hydrogen-bond donors (Lipinski definition) is 0. The first-order valence-corrected chi connectivity index (χ1v) is 9.23. The van der Waals surface area contributed by atoms with Crippen LogP contribution in [0.3, 0.4) is 0 Å². The van der Waals surface area contributed by atoms with Crippen molar-refractivity contribution >= 4 is 28.8 Å². The fourth-order valence-electron chi connectivity index (χ4n) is 3.83. The molecule has 146 valence electrons. The van der Waals surface area contributed by atoms with E-state index in [9.17, 15) is 15.2 Å². The molecule has 0 aliphatic carbocycles. The van der Waals surface area contributed by atoms with Gasteiger partial charge in [-0.05, 0) is 43.7 Å².